The van der Waals surface area contributed by atoms with Crippen molar-refractivity contribution in [2.24, 2.45) is 11.8 Å². The summed E-state index contributed by atoms with van der Waals surface area (Å²) in [7, 11) is 0. The Morgan fingerprint density at radius 1 is 0.848 bits per heavy atom. The van der Waals surface area contributed by atoms with Crippen LogP contribution in [0.4, 0.5) is 0 Å². The minimum absolute atomic E-state index is 0. The van der Waals surface area contributed by atoms with E-state index in [2.05, 4.69) is 95.6 Å². The first-order valence-electron chi connectivity index (χ1n) is 16.0. The van der Waals surface area contributed by atoms with Crippen LogP contribution in [0.1, 0.15) is 53.4 Å². The van der Waals surface area contributed by atoms with Crippen molar-refractivity contribution in [1.29, 1.82) is 0 Å². The van der Waals surface area contributed by atoms with Crippen LogP contribution in [0.3, 0.4) is 0 Å². The van der Waals surface area contributed by atoms with Gasteiger partial charge in [0.25, 0.3) is 0 Å². The number of carbonyl (C=O) groups is 1. The predicted molar refractivity (Wildman–Crippen MR) is 191 cm³/mol. The number of benzene rings is 4. The summed E-state index contributed by atoms with van der Waals surface area (Å²) < 4.78 is 5.18. The number of rotatable bonds is 8. The summed E-state index contributed by atoms with van der Waals surface area (Å²) in [6.45, 7) is 8.07. The topological polar surface area (TPSA) is 55.1 Å². The summed E-state index contributed by atoms with van der Waals surface area (Å²) in [5.74, 6) is 0.547. The summed E-state index contributed by atoms with van der Waals surface area (Å²) in [6.07, 6.45) is 6.85. The molecule has 0 aliphatic rings. The molecule has 0 saturated carbocycles. The zero-order valence-electron chi connectivity index (χ0n) is 26.7. The quantitative estimate of drug-likeness (QED) is 0.0717. The molecule has 0 atom stereocenters. The van der Waals surface area contributed by atoms with Crippen molar-refractivity contribution in [1.82, 2.24) is 9.55 Å². The van der Waals surface area contributed by atoms with E-state index < -0.39 is 0 Å². The number of nitrogens with zero attached hydrogens (tertiary/aromatic N) is 2. The van der Waals surface area contributed by atoms with Crippen LogP contribution >= 0.6 is 0 Å². The van der Waals surface area contributed by atoms with Crippen molar-refractivity contribution >= 4 is 72.3 Å². The standard InChI is InChI=1S/C27H15N2Se.C13H24O2.Ir/c1-2-8-18(9-3-1)29-21-11-6-12-23-24(21)25-22(29)15-16-28-26(25)20-14-13-17-7-4-5-10-19(17)27(20)30-23;1-5-10(6-2)12(14)9-13(15)11(7-3)8-4;/h1-13,15-16H;9-11,14H,5-8H2,1-4H3;/q-1;;/b;12-9-;. The van der Waals surface area contributed by atoms with E-state index in [1.165, 1.54) is 52.9 Å². The molecular formula is C40H39IrN2O2Se-. The fraction of sp³-hybridized carbons (Fsp3) is 0.250. The molecule has 6 heteroatoms. The molecule has 4 aromatic carbocycles. The van der Waals surface area contributed by atoms with Crippen LogP contribution in [0.5, 0.6) is 0 Å². The zero-order valence-corrected chi connectivity index (χ0v) is 30.8. The molecule has 7 aromatic rings. The van der Waals surface area contributed by atoms with Gasteiger partial charge in [-0.05, 0) is 25.7 Å². The monoisotopic (exact) mass is 852 g/mol. The maximum absolute atomic E-state index is 11.7. The molecule has 1 N–H and O–H groups in total. The number of aliphatic hydroxyl groups excluding tert-OH is 1. The van der Waals surface area contributed by atoms with Gasteiger partial charge in [0, 0.05) is 38.0 Å². The number of hydrogen-bond donors (Lipinski definition) is 1. The number of hydrogen-bond acceptors (Lipinski definition) is 3. The van der Waals surface area contributed by atoms with Crippen LogP contribution < -0.4 is 0 Å². The normalized spacial score (nSPS) is 11.9. The number of aromatic nitrogens is 2. The number of fused-ring (bicyclic) bond motifs is 4. The molecule has 3 aromatic heterocycles. The first-order chi connectivity index (χ1) is 22.0. The zero-order chi connectivity index (χ0) is 31.5. The Hall–Kier alpha value is -3.53. The van der Waals surface area contributed by atoms with Gasteiger partial charge in [-0.15, -0.1) is 0 Å². The summed E-state index contributed by atoms with van der Waals surface area (Å²) >= 11 is 0.169. The van der Waals surface area contributed by atoms with Gasteiger partial charge in [0.2, 0.25) is 0 Å². The SMILES string of the molecule is CCC(CC)C(=O)/C=C(\O)C(CC)CC.[Ir].[c-]1cc2ccccc2c2[se]c3cccc4c3c3c(nccc3n4-c3ccccc3)c12. The van der Waals surface area contributed by atoms with E-state index >= 15 is 0 Å². The van der Waals surface area contributed by atoms with Gasteiger partial charge in [0.15, 0.2) is 5.78 Å². The number of allylic oxidation sites excluding steroid dienone is 2. The third-order valence-electron chi connectivity index (χ3n) is 9.01. The summed E-state index contributed by atoms with van der Waals surface area (Å²) in [5, 5.41) is 16.1. The number of ketones is 1. The molecule has 0 unspecified atom stereocenters. The van der Waals surface area contributed by atoms with Crippen molar-refractivity contribution in [3.63, 3.8) is 0 Å². The first kappa shape index (κ1) is 33.8. The van der Waals surface area contributed by atoms with Crippen molar-refractivity contribution in [3.8, 4) is 5.69 Å². The Balaban J connectivity index is 0.000000225. The molecule has 0 aliphatic carbocycles. The molecule has 3 heterocycles. The van der Waals surface area contributed by atoms with Gasteiger partial charge >= 0.3 is 179 Å². The van der Waals surface area contributed by atoms with Gasteiger partial charge in [0.05, 0.1) is 5.76 Å². The third kappa shape index (κ3) is 6.25. The molecule has 0 spiro atoms. The van der Waals surface area contributed by atoms with Crippen molar-refractivity contribution in [2.75, 3.05) is 0 Å². The van der Waals surface area contributed by atoms with Crippen LogP contribution in [-0.2, 0) is 24.9 Å². The van der Waals surface area contributed by atoms with Crippen molar-refractivity contribution in [3.05, 3.63) is 109 Å². The number of para-hydroxylation sites is 1. The van der Waals surface area contributed by atoms with Crippen molar-refractivity contribution in [2.45, 2.75) is 53.4 Å². The second-order valence-electron chi connectivity index (χ2n) is 11.6. The van der Waals surface area contributed by atoms with Crippen LogP contribution in [0, 0.1) is 17.9 Å². The van der Waals surface area contributed by atoms with Gasteiger partial charge in [-0.2, -0.15) is 0 Å². The molecule has 0 aliphatic heterocycles. The van der Waals surface area contributed by atoms with Gasteiger partial charge in [0.1, 0.15) is 0 Å². The fourth-order valence-electron chi connectivity index (χ4n) is 6.45. The molecule has 46 heavy (non-hydrogen) atoms. The van der Waals surface area contributed by atoms with Gasteiger partial charge < -0.3 is 5.11 Å². The van der Waals surface area contributed by atoms with Crippen LogP contribution in [0.2, 0.25) is 0 Å². The number of aliphatic hydroxyl groups is 1. The van der Waals surface area contributed by atoms with Gasteiger partial charge in [-0.3, -0.25) is 4.79 Å². The summed E-state index contributed by atoms with van der Waals surface area (Å²) in [5.41, 5.74) is 4.70. The number of pyridine rings is 1. The third-order valence-corrected chi connectivity index (χ3v) is 11.5. The summed E-state index contributed by atoms with van der Waals surface area (Å²) in [4.78, 5) is 16.6. The minimum atomic E-state index is 0. The first-order valence-corrected chi connectivity index (χ1v) is 17.7. The van der Waals surface area contributed by atoms with Crippen LogP contribution in [-0.4, -0.2) is 34.9 Å². The average molecular weight is 851 g/mol. The van der Waals surface area contributed by atoms with E-state index in [1.54, 1.807) is 0 Å². The van der Waals surface area contributed by atoms with Gasteiger partial charge in [-0.25, -0.2) is 0 Å². The molecule has 0 amide bonds. The van der Waals surface area contributed by atoms with E-state index in [9.17, 15) is 9.90 Å². The molecule has 4 nitrogen and oxygen atoms in total. The Bertz CT molecular complexity index is 2150. The second kappa shape index (κ2) is 14.9. The van der Waals surface area contributed by atoms with Crippen LogP contribution in [0.25, 0.3) is 57.7 Å². The average Bonchev–Trinajstić information content (AvgIpc) is 3.34. The molecule has 0 fully saturated rings. The van der Waals surface area contributed by atoms with Crippen molar-refractivity contribution < 1.29 is 30.0 Å². The van der Waals surface area contributed by atoms with E-state index in [4.69, 9.17) is 4.98 Å². The van der Waals surface area contributed by atoms with E-state index in [0.717, 1.165) is 36.6 Å². The second-order valence-corrected chi connectivity index (χ2v) is 13.8. The van der Waals surface area contributed by atoms with Gasteiger partial charge in [-0.1, -0.05) is 27.7 Å². The van der Waals surface area contributed by atoms with E-state index in [0.29, 0.717) is 0 Å². The Kier molecular flexibility index (Phi) is 11.0. The molecule has 7 rings (SSSR count). The Morgan fingerprint density at radius 3 is 2.24 bits per heavy atom. The maximum atomic E-state index is 11.7. The number of carbonyl (C=O) groups excluding carboxylic acids is 1. The predicted octanol–water partition coefficient (Wildman–Crippen LogP) is 10.4. The molecular weight excluding hydrogens is 812 g/mol. The fourth-order valence-corrected chi connectivity index (χ4v) is 9.03. The Labute approximate surface area is 290 Å². The van der Waals surface area contributed by atoms with E-state index in [-0.39, 0.29) is 58.0 Å². The molecule has 237 valence electrons. The van der Waals surface area contributed by atoms with E-state index in [1.807, 2.05) is 33.9 Å². The molecule has 1 radical (unpaired) electrons. The summed E-state index contributed by atoms with van der Waals surface area (Å²) in [6, 6.07) is 33.9. The molecule has 0 saturated heterocycles. The Morgan fingerprint density at radius 2 is 1.52 bits per heavy atom. The van der Waals surface area contributed by atoms with Crippen LogP contribution in [0.15, 0.2) is 103 Å². The molecule has 0 bridgehead atoms.